The molecule has 0 aromatic carbocycles. The van der Waals surface area contributed by atoms with Gasteiger partial charge in [0.2, 0.25) is 0 Å². The van der Waals surface area contributed by atoms with Crippen molar-refractivity contribution in [1.82, 2.24) is 9.80 Å². The minimum absolute atomic E-state index is 0.276. The monoisotopic (exact) mass is 295 g/mol. The van der Waals surface area contributed by atoms with Gasteiger partial charge in [-0.25, -0.2) is 0 Å². The van der Waals surface area contributed by atoms with Gasteiger partial charge in [-0.05, 0) is 71.1 Å². The van der Waals surface area contributed by atoms with Crippen LogP contribution < -0.4 is 5.73 Å². The second kappa shape index (κ2) is 7.43. The van der Waals surface area contributed by atoms with Gasteiger partial charge in [0.15, 0.2) is 0 Å². The Hall–Kier alpha value is -0.120. The largest absolute Gasteiger partial charge is 0.329 e. The van der Waals surface area contributed by atoms with Gasteiger partial charge in [0, 0.05) is 18.1 Å². The Kier molecular flexibility index (Phi) is 6.10. The van der Waals surface area contributed by atoms with E-state index in [1.807, 2.05) is 0 Å². The molecule has 1 saturated heterocycles. The molecule has 3 heteroatoms. The molecular weight excluding hydrogens is 258 g/mol. The first-order valence-electron chi connectivity index (χ1n) is 9.08. The van der Waals surface area contributed by atoms with Crippen molar-refractivity contribution in [3.63, 3.8) is 0 Å². The number of hydrogen-bond donors (Lipinski definition) is 1. The third-order valence-corrected chi connectivity index (χ3v) is 6.09. The van der Waals surface area contributed by atoms with Crippen LogP contribution in [0.2, 0.25) is 0 Å². The first kappa shape index (κ1) is 17.2. The van der Waals surface area contributed by atoms with Crippen LogP contribution in [0.25, 0.3) is 0 Å². The molecule has 1 heterocycles. The maximum atomic E-state index is 6.31. The molecule has 2 fully saturated rings. The van der Waals surface area contributed by atoms with E-state index in [0.717, 1.165) is 24.4 Å². The maximum Gasteiger partial charge on any atom is 0.0334 e. The number of nitrogens with two attached hydrogens (primary N) is 1. The quantitative estimate of drug-likeness (QED) is 0.846. The fraction of sp³-hybridized carbons (Fsp3) is 1.00. The van der Waals surface area contributed by atoms with E-state index in [1.54, 1.807) is 0 Å². The second-order valence-electron chi connectivity index (χ2n) is 8.17. The van der Waals surface area contributed by atoms with Gasteiger partial charge >= 0.3 is 0 Å². The SMILES string of the molecule is CC(C)CC1CCCC(CN)(N(C)C2CCN(C)CC2)C1. The van der Waals surface area contributed by atoms with Crippen LogP contribution in [-0.4, -0.2) is 55.1 Å². The lowest BCUT2D eigenvalue weighted by Crippen LogP contribution is -2.59. The van der Waals surface area contributed by atoms with Gasteiger partial charge in [0.25, 0.3) is 0 Å². The molecule has 1 aliphatic heterocycles. The van der Waals surface area contributed by atoms with Crippen molar-refractivity contribution in [3.8, 4) is 0 Å². The van der Waals surface area contributed by atoms with E-state index >= 15 is 0 Å². The summed E-state index contributed by atoms with van der Waals surface area (Å²) in [7, 11) is 4.61. The van der Waals surface area contributed by atoms with Crippen LogP contribution in [-0.2, 0) is 0 Å². The molecule has 2 N–H and O–H groups in total. The summed E-state index contributed by atoms with van der Waals surface area (Å²) in [5.41, 5.74) is 6.59. The molecule has 0 aromatic heterocycles. The number of piperidine rings is 1. The Morgan fingerprint density at radius 2 is 1.90 bits per heavy atom. The number of hydrogen-bond acceptors (Lipinski definition) is 3. The van der Waals surface area contributed by atoms with Gasteiger partial charge in [-0.15, -0.1) is 0 Å². The number of nitrogens with zero attached hydrogens (tertiary/aromatic N) is 2. The summed E-state index contributed by atoms with van der Waals surface area (Å²) in [4.78, 5) is 5.16. The Balaban J connectivity index is 2.01. The minimum Gasteiger partial charge on any atom is -0.329 e. The van der Waals surface area contributed by atoms with E-state index < -0.39 is 0 Å². The number of likely N-dealkylation sites (tertiary alicyclic amines) is 1. The van der Waals surface area contributed by atoms with E-state index in [2.05, 4.69) is 37.7 Å². The Bertz CT molecular complexity index is 310. The highest BCUT2D eigenvalue weighted by Crippen LogP contribution is 2.40. The lowest BCUT2D eigenvalue weighted by molar-refractivity contribution is 0.000719. The standard InChI is InChI=1S/C18H37N3/c1-15(2)12-16-6-5-9-18(13-16,14-19)21(4)17-7-10-20(3)11-8-17/h15-17H,5-14,19H2,1-4H3. The average Bonchev–Trinajstić information content (AvgIpc) is 2.46. The van der Waals surface area contributed by atoms with Gasteiger partial charge in [0.05, 0.1) is 0 Å². The molecular formula is C18H37N3. The second-order valence-corrected chi connectivity index (χ2v) is 8.17. The zero-order chi connectivity index (χ0) is 15.5. The molecule has 124 valence electrons. The van der Waals surface area contributed by atoms with Gasteiger partial charge in [-0.1, -0.05) is 26.7 Å². The molecule has 0 amide bonds. The summed E-state index contributed by atoms with van der Waals surface area (Å²) >= 11 is 0. The zero-order valence-electron chi connectivity index (χ0n) is 14.8. The lowest BCUT2D eigenvalue weighted by Gasteiger charge is -2.51. The molecule has 2 atom stereocenters. The van der Waals surface area contributed by atoms with Crippen molar-refractivity contribution < 1.29 is 0 Å². The van der Waals surface area contributed by atoms with Crippen LogP contribution in [0.5, 0.6) is 0 Å². The van der Waals surface area contributed by atoms with E-state index in [0.29, 0.717) is 0 Å². The number of likely N-dealkylation sites (N-methyl/N-ethyl adjacent to an activating group) is 1. The molecule has 2 unspecified atom stereocenters. The first-order valence-corrected chi connectivity index (χ1v) is 9.08. The van der Waals surface area contributed by atoms with E-state index in [-0.39, 0.29) is 5.54 Å². The van der Waals surface area contributed by atoms with Gasteiger partial charge in [-0.3, -0.25) is 4.90 Å². The Morgan fingerprint density at radius 1 is 1.24 bits per heavy atom. The Morgan fingerprint density at radius 3 is 2.48 bits per heavy atom. The third kappa shape index (κ3) is 4.20. The van der Waals surface area contributed by atoms with E-state index in [4.69, 9.17) is 5.73 Å². The van der Waals surface area contributed by atoms with Crippen LogP contribution in [0.4, 0.5) is 0 Å². The normalized spacial score (nSPS) is 33.0. The summed E-state index contributed by atoms with van der Waals surface area (Å²) < 4.78 is 0. The zero-order valence-corrected chi connectivity index (χ0v) is 14.8. The fourth-order valence-electron chi connectivity index (χ4n) is 4.75. The molecule has 0 radical (unpaired) electrons. The molecule has 0 spiro atoms. The van der Waals surface area contributed by atoms with Crippen molar-refractivity contribution in [1.29, 1.82) is 0 Å². The molecule has 1 aliphatic carbocycles. The van der Waals surface area contributed by atoms with Crippen molar-refractivity contribution >= 4 is 0 Å². The predicted molar refractivity (Wildman–Crippen MR) is 91.5 cm³/mol. The smallest absolute Gasteiger partial charge is 0.0334 e. The molecule has 1 saturated carbocycles. The van der Waals surface area contributed by atoms with Crippen molar-refractivity contribution in [2.75, 3.05) is 33.7 Å². The fourth-order valence-corrected chi connectivity index (χ4v) is 4.75. The highest BCUT2D eigenvalue weighted by Gasteiger charge is 2.41. The molecule has 0 aromatic rings. The first-order chi connectivity index (χ1) is 9.97. The van der Waals surface area contributed by atoms with Gasteiger partial charge < -0.3 is 10.6 Å². The summed E-state index contributed by atoms with van der Waals surface area (Å²) in [5.74, 6) is 1.70. The topological polar surface area (TPSA) is 32.5 Å². The van der Waals surface area contributed by atoms with Crippen molar-refractivity contribution in [2.24, 2.45) is 17.6 Å². The van der Waals surface area contributed by atoms with Gasteiger partial charge in [0.1, 0.15) is 0 Å². The average molecular weight is 296 g/mol. The molecule has 0 bridgehead atoms. The third-order valence-electron chi connectivity index (χ3n) is 6.09. The highest BCUT2D eigenvalue weighted by molar-refractivity contribution is 4.98. The summed E-state index contributed by atoms with van der Waals surface area (Å²) in [5, 5.41) is 0. The van der Waals surface area contributed by atoms with Crippen molar-refractivity contribution in [3.05, 3.63) is 0 Å². The van der Waals surface area contributed by atoms with E-state index in [9.17, 15) is 0 Å². The predicted octanol–water partition coefficient (Wildman–Crippen LogP) is 2.95. The highest BCUT2D eigenvalue weighted by atomic mass is 15.2. The molecule has 2 aliphatic rings. The summed E-state index contributed by atoms with van der Waals surface area (Å²) in [6.45, 7) is 8.04. The molecule has 2 rings (SSSR count). The molecule has 3 nitrogen and oxygen atoms in total. The van der Waals surface area contributed by atoms with Crippen LogP contribution in [0.15, 0.2) is 0 Å². The minimum atomic E-state index is 0.276. The number of rotatable bonds is 5. The maximum absolute atomic E-state index is 6.31. The van der Waals surface area contributed by atoms with Crippen LogP contribution in [0.3, 0.4) is 0 Å². The van der Waals surface area contributed by atoms with Crippen LogP contribution >= 0.6 is 0 Å². The van der Waals surface area contributed by atoms with Crippen LogP contribution in [0, 0.1) is 11.8 Å². The van der Waals surface area contributed by atoms with E-state index in [1.165, 1.54) is 58.0 Å². The Labute approximate surface area is 132 Å². The van der Waals surface area contributed by atoms with Crippen LogP contribution in [0.1, 0.15) is 58.8 Å². The van der Waals surface area contributed by atoms with Crippen molar-refractivity contribution in [2.45, 2.75) is 70.4 Å². The summed E-state index contributed by atoms with van der Waals surface area (Å²) in [6.07, 6.45) is 9.41. The summed E-state index contributed by atoms with van der Waals surface area (Å²) in [6, 6.07) is 0.738. The van der Waals surface area contributed by atoms with Gasteiger partial charge in [-0.2, -0.15) is 0 Å². The molecule has 21 heavy (non-hydrogen) atoms. The lowest BCUT2D eigenvalue weighted by atomic mass is 9.71.